The van der Waals surface area contributed by atoms with E-state index in [1.54, 1.807) is 27.4 Å². The number of ether oxygens (including phenoxy) is 3. The number of ketones is 1. The molecule has 2 aromatic carbocycles. The maximum Gasteiger partial charge on any atom is 0.274 e. The normalized spacial score (nSPS) is 22.8. The monoisotopic (exact) mass is 458 g/mol. The number of rotatable bonds is 4. The lowest BCUT2D eigenvalue weighted by Gasteiger charge is -2.33. The summed E-state index contributed by atoms with van der Waals surface area (Å²) in [5.74, 6) is 1.74. The molecule has 0 bridgehead atoms. The van der Waals surface area contributed by atoms with E-state index in [2.05, 4.69) is 11.1 Å². The van der Waals surface area contributed by atoms with E-state index >= 15 is 0 Å². The fourth-order valence-electron chi connectivity index (χ4n) is 6.03. The van der Waals surface area contributed by atoms with Gasteiger partial charge in [0.1, 0.15) is 5.69 Å². The van der Waals surface area contributed by atoms with Crippen LogP contribution in [0.4, 0.5) is 0 Å². The number of H-pyrrole nitrogens is 1. The molecule has 0 unspecified atom stereocenters. The van der Waals surface area contributed by atoms with Crippen molar-refractivity contribution in [1.29, 1.82) is 0 Å². The average Bonchev–Trinajstić information content (AvgIpc) is 3.45. The predicted molar refractivity (Wildman–Crippen MR) is 127 cm³/mol. The van der Waals surface area contributed by atoms with E-state index < -0.39 is 0 Å². The third kappa shape index (κ3) is 2.70. The van der Waals surface area contributed by atoms with E-state index in [1.807, 2.05) is 35.2 Å². The molecule has 1 N–H and O–H groups in total. The fraction of sp³-hybridized carbons (Fsp3) is 0.333. The van der Waals surface area contributed by atoms with Crippen molar-refractivity contribution in [2.24, 2.45) is 5.92 Å². The smallest absolute Gasteiger partial charge is 0.274 e. The standard InChI is InChI=1S/C27H26N2O5/c1-32-21-12-15-11-19(28-23(15)25(34-3)24(21)33-2)26(31)29-10-6-7-16-14-27(16)18-9-5-4-8-17(18)20(30)13-22(27)29/h4-5,8-9,11-13,16,28H,6-7,10,14H2,1-3H3/t16-,27+/m1/s1. The van der Waals surface area contributed by atoms with Gasteiger partial charge in [-0.25, -0.2) is 0 Å². The quantitative estimate of drug-likeness (QED) is 0.624. The van der Waals surface area contributed by atoms with Gasteiger partial charge in [0.25, 0.3) is 5.91 Å². The minimum Gasteiger partial charge on any atom is -0.493 e. The Morgan fingerprint density at radius 2 is 1.88 bits per heavy atom. The van der Waals surface area contributed by atoms with Crippen molar-refractivity contribution in [3.8, 4) is 17.2 Å². The number of aromatic nitrogens is 1. The van der Waals surface area contributed by atoms with E-state index in [-0.39, 0.29) is 17.1 Å². The molecule has 2 aliphatic carbocycles. The highest BCUT2D eigenvalue weighted by Gasteiger charge is 2.62. The minimum absolute atomic E-state index is 0.0330. The highest BCUT2D eigenvalue weighted by molar-refractivity contribution is 6.10. The van der Waals surface area contributed by atoms with Crippen LogP contribution in [0.25, 0.3) is 10.9 Å². The first kappa shape index (κ1) is 20.8. The Morgan fingerprint density at radius 1 is 1.09 bits per heavy atom. The van der Waals surface area contributed by atoms with Gasteiger partial charge in [-0.15, -0.1) is 0 Å². The molecule has 2 fully saturated rings. The number of likely N-dealkylation sites (tertiary alicyclic amines) is 1. The summed E-state index contributed by atoms with van der Waals surface area (Å²) in [5.41, 5.74) is 3.52. The van der Waals surface area contributed by atoms with Crippen LogP contribution in [0.15, 0.2) is 48.2 Å². The molecule has 0 radical (unpaired) electrons. The molecule has 1 amide bonds. The van der Waals surface area contributed by atoms with E-state index in [0.717, 1.165) is 41.5 Å². The van der Waals surface area contributed by atoms with Crippen molar-refractivity contribution in [1.82, 2.24) is 9.88 Å². The largest absolute Gasteiger partial charge is 0.493 e. The summed E-state index contributed by atoms with van der Waals surface area (Å²) in [4.78, 5) is 32.0. The third-order valence-electron chi connectivity index (χ3n) is 7.62. The molecule has 2 heterocycles. The number of nitrogens with zero attached hydrogens (tertiary/aromatic N) is 1. The molecule has 1 aromatic heterocycles. The first-order chi connectivity index (χ1) is 16.5. The number of carbonyl (C=O) groups excluding carboxylic acids is 2. The predicted octanol–water partition coefficient (Wildman–Crippen LogP) is 4.47. The zero-order chi connectivity index (χ0) is 23.6. The van der Waals surface area contributed by atoms with E-state index in [0.29, 0.717) is 40.9 Å². The van der Waals surface area contributed by atoms with Gasteiger partial charge in [0.15, 0.2) is 17.3 Å². The molecule has 3 aliphatic rings. The summed E-state index contributed by atoms with van der Waals surface area (Å²) in [7, 11) is 4.67. The second kappa shape index (κ2) is 7.38. The molecule has 3 aromatic rings. The van der Waals surface area contributed by atoms with E-state index in [1.165, 1.54) is 0 Å². The molecular formula is C27H26N2O5. The zero-order valence-electron chi connectivity index (χ0n) is 19.4. The van der Waals surface area contributed by atoms with Crippen molar-refractivity contribution in [2.75, 3.05) is 27.9 Å². The van der Waals surface area contributed by atoms with Crippen molar-refractivity contribution in [3.05, 3.63) is 65.0 Å². The molecular weight excluding hydrogens is 432 g/mol. The van der Waals surface area contributed by atoms with Gasteiger partial charge in [-0.3, -0.25) is 9.59 Å². The number of allylic oxidation sites excluding steroid dienone is 2. The SMILES string of the molecule is COc1cc2cc(C(=O)N3CCC[C@@H]4C[C@]45C3=CC(=O)c3ccccc35)[nH]c2c(OC)c1OC. The number of hydrogen-bond acceptors (Lipinski definition) is 5. The zero-order valence-corrected chi connectivity index (χ0v) is 19.4. The van der Waals surface area contributed by atoms with Crippen LogP contribution in [0.5, 0.6) is 17.2 Å². The number of benzene rings is 2. The topological polar surface area (TPSA) is 80.9 Å². The lowest BCUT2D eigenvalue weighted by Crippen LogP contribution is -2.38. The molecule has 1 spiro atoms. The Morgan fingerprint density at radius 3 is 2.65 bits per heavy atom. The average molecular weight is 459 g/mol. The lowest BCUT2D eigenvalue weighted by atomic mass is 9.79. The van der Waals surface area contributed by atoms with Gasteiger partial charge in [-0.05, 0) is 42.9 Å². The molecule has 1 saturated carbocycles. The van der Waals surface area contributed by atoms with Crippen LogP contribution in [0.1, 0.15) is 45.7 Å². The van der Waals surface area contributed by atoms with Gasteiger partial charge in [-0.2, -0.15) is 0 Å². The Kier molecular flexibility index (Phi) is 4.52. The van der Waals surface area contributed by atoms with Crippen molar-refractivity contribution < 1.29 is 23.8 Å². The number of carbonyl (C=O) groups is 2. The molecule has 7 heteroatoms. The highest BCUT2D eigenvalue weighted by atomic mass is 16.5. The molecule has 7 nitrogen and oxygen atoms in total. The Hall–Kier alpha value is -3.74. The highest BCUT2D eigenvalue weighted by Crippen LogP contribution is 2.65. The van der Waals surface area contributed by atoms with Gasteiger partial charge >= 0.3 is 0 Å². The number of hydrogen-bond donors (Lipinski definition) is 1. The van der Waals surface area contributed by atoms with Gasteiger partial charge in [-0.1, -0.05) is 24.3 Å². The van der Waals surface area contributed by atoms with Crippen molar-refractivity contribution in [2.45, 2.75) is 24.7 Å². The summed E-state index contributed by atoms with van der Waals surface area (Å²) < 4.78 is 16.5. The van der Waals surface area contributed by atoms with Gasteiger partial charge in [0, 0.05) is 34.7 Å². The number of aromatic amines is 1. The number of nitrogens with one attached hydrogen (secondary N) is 1. The number of amides is 1. The summed E-state index contributed by atoms with van der Waals surface area (Å²) >= 11 is 0. The fourth-order valence-corrected chi connectivity index (χ4v) is 6.03. The Labute approximate surface area is 197 Å². The summed E-state index contributed by atoms with van der Waals surface area (Å²) in [5, 5.41) is 0.783. The molecule has 6 rings (SSSR count). The number of fused-ring (bicyclic) bond motifs is 2. The van der Waals surface area contributed by atoms with Crippen LogP contribution in [-0.4, -0.2) is 49.4 Å². The molecule has 2 atom stereocenters. The first-order valence-corrected chi connectivity index (χ1v) is 11.5. The molecule has 174 valence electrons. The lowest BCUT2D eigenvalue weighted by molar-refractivity contribution is 0.0790. The van der Waals surface area contributed by atoms with Crippen LogP contribution >= 0.6 is 0 Å². The second-order valence-corrected chi connectivity index (χ2v) is 9.20. The number of methoxy groups -OCH3 is 3. The minimum atomic E-state index is -0.243. The van der Waals surface area contributed by atoms with Crippen LogP contribution in [0, 0.1) is 5.92 Å². The van der Waals surface area contributed by atoms with Crippen molar-refractivity contribution in [3.63, 3.8) is 0 Å². The maximum atomic E-state index is 13.9. The van der Waals surface area contributed by atoms with Crippen LogP contribution in [0.2, 0.25) is 0 Å². The van der Waals surface area contributed by atoms with Gasteiger partial charge < -0.3 is 24.1 Å². The van der Waals surface area contributed by atoms with E-state index in [4.69, 9.17) is 14.2 Å². The van der Waals surface area contributed by atoms with Crippen molar-refractivity contribution >= 4 is 22.6 Å². The Balaban J connectivity index is 1.46. The summed E-state index contributed by atoms with van der Waals surface area (Å²) in [6.45, 7) is 0.581. The van der Waals surface area contributed by atoms with Crippen LogP contribution < -0.4 is 14.2 Å². The molecule has 34 heavy (non-hydrogen) atoms. The third-order valence-corrected chi connectivity index (χ3v) is 7.62. The second-order valence-electron chi connectivity index (χ2n) is 9.20. The van der Waals surface area contributed by atoms with E-state index in [9.17, 15) is 9.59 Å². The summed E-state index contributed by atoms with van der Waals surface area (Å²) in [6.07, 6.45) is 4.61. The van der Waals surface area contributed by atoms with Crippen LogP contribution in [0.3, 0.4) is 0 Å². The Bertz CT molecular complexity index is 1390. The maximum absolute atomic E-state index is 13.9. The molecule has 1 saturated heterocycles. The van der Waals surface area contributed by atoms with Gasteiger partial charge in [0.2, 0.25) is 5.75 Å². The van der Waals surface area contributed by atoms with Crippen LogP contribution in [-0.2, 0) is 5.41 Å². The summed E-state index contributed by atoms with van der Waals surface area (Å²) in [6, 6.07) is 11.5. The van der Waals surface area contributed by atoms with Gasteiger partial charge in [0.05, 0.1) is 26.8 Å². The first-order valence-electron chi connectivity index (χ1n) is 11.5. The molecule has 1 aliphatic heterocycles.